The van der Waals surface area contributed by atoms with E-state index in [1.807, 2.05) is 0 Å². The van der Waals surface area contributed by atoms with E-state index >= 15 is 0 Å². The third-order valence-corrected chi connectivity index (χ3v) is 19.4. The highest BCUT2D eigenvalue weighted by Gasteiger charge is 2.26. The van der Waals surface area contributed by atoms with Crippen molar-refractivity contribution >= 4 is 44.1 Å². The first-order valence-electron chi connectivity index (χ1n) is 40.8. The molecule has 8 bridgehead atoms. The van der Waals surface area contributed by atoms with Crippen molar-refractivity contribution in [3.63, 3.8) is 0 Å². The Morgan fingerprint density at radius 2 is 0.365 bits per heavy atom. The molecule has 0 atom stereocenters. The van der Waals surface area contributed by atoms with Gasteiger partial charge >= 0.3 is 0 Å². The zero-order valence-electron chi connectivity index (χ0n) is 64.6. The smallest absolute Gasteiger partial charge is 0.164 e. The van der Waals surface area contributed by atoms with Crippen molar-refractivity contribution in [2.24, 2.45) is 0 Å². The number of hydrogen-bond donors (Lipinski definition) is 2. The lowest BCUT2D eigenvalue weighted by atomic mass is 9.98. The van der Waals surface area contributed by atoms with Gasteiger partial charge in [0.15, 0.2) is 23.3 Å². The Morgan fingerprint density at radius 3 is 0.529 bits per heavy atom. The van der Waals surface area contributed by atoms with E-state index in [1.165, 1.54) is 103 Å². The van der Waals surface area contributed by atoms with Crippen molar-refractivity contribution in [3.05, 3.63) is 93.0 Å². The number of fused-ring (bicyclic) bond motifs is 20. The van der Waals surface area contributed by atoms with Crippen LogP contribution in [0.4, 0.5) is 0 Å². The van der Waals surface area contributed by atoms with Gasteiger partial charge in [-0.25, -0.2) is 29.9 Å². The molecule has 0 saturated carbocycles. The summed E-state index contributed by atoms with van der Waals surface area (Å²) in [4.78, 5) is 41.3. The van der Waals surface area contributed by atoms with Crippen LogP contribution >= 0.6 is 0 Å². The molecule has 0 aliphatic carbocycles. The number of nitrogens with zero attached hydrogens (tertiary/aromatic N) is 6. The molecule has 4 aromatic carbocycles. The molecule has 8 heteroatoms. The molecule has 0 unspecified atom stereocenters. The minimum absolute atomic E-state index is 0.494. The normalized spacial score (nSPS) is 10.8. The van der Waals surface area contributed by atoms with Crippen LogP contribution in [-0.4, -0.2) is 39.9 Å². The Hall–Kier alpha value is -9.28. The molecule has 0 spiro atoms. The van der Waals surface area contributed by atoms with E-state index < -0.39 is 0 Å². The lowest BCUT2D eigenvalue weighted by molar-refractivity contribution is 0.679. The van der Waals surface area contributed by atoms with Gasteiger partial charge in [0.25, 0.3) is 0 Å². The maximum absolute atomic E-state index is 5.67. The second-order valence-corrected chi connectivity index (χ2v) is 28.3. The summed E-state index contributed by atoms with van der Waals surface area (Å²) in [6.07, 6.45) is 43.0. The molecule has 0 saturated heterocycles. The molecular formula is C96H114N8. The number of benzene rings is 4. The fourth-order valence-corrected chi connectivity index (χ4v) is 13.2. The molecule has 9 rings (SSSR count). The predicted octanol–water partition coefficient (Wildman–Crippen LogP) is 25.4. The Morgan fingerprint density at radius 1 is 0.202 bits per heavy atom. The van der Waals surface area contributed by atoms with Crippen LogP contribution in [0.5, 0.6) is 0 Å². The Kier molecular flexibility index (Phi) is 33.7. The number of unbranched alkanes of at least 4 members (excludes halogenated alkanes) is 32. The summed E-state index contributed by atoms with van der Waals surface area (Å²) in [5, 5.41) is 3.37. The van der Waals surface area contributed by atoms with Gasteiger partial charge in [-0.15, -0.1) is 0 Å². The summed E-state index contributed by atoms with van der Waals surface area (Å²) < 4.78 is 0. The van der Waals surface area contributed by atoms with E-state index in [1.54, 1.807) is 0 Å². The maximum atomic E-state index is 5.67. The first kappa shape index (κ1) is 78.8. The number of H-pyrrole nitrogens is 2. The zero-order valence-corrected chi connectivity index (χ0v) is 64.6. The molecule has 5 heterocycles. The molecule has 2 N–H and O–H groups in total. The van der Waals surface area contributed by atoms with Crippen LogP contribution in [0.1, 0.15) is 357 Å². The van der Waals surface area contributed by atoms with E-state index in [4.69, 9.17) is 29.9 Å². The van der Waals surface area contributed by atoms with Gasteiger partial charge in [0.05, 0.1) is 0 Å². The third-order valence-electron chi connectivity index (χ3n) is 19.4. The highest BCUT2D eigenvalue weighted by molar-refractivity contribution is 6.08. The summed E-state index contributed by atoms with van der Waals surface area (Å²) in [6, 6.07) is 17.3. The zero-order chi connectivity index (χ0) is 72.8. The molecule has 0 fully saturated rings. The van der Waals surface area contributed by atoms with Crippen molar-refractivity contribution in [3.8, 4) is 140 Å². The summed E-state index contributed by atoms with van der Waals surface area (Å²) in [5.41, 5.74) is 12.4. The van der Waals surface area contributed by atoms with Crippen molar-refractivity contribution in [1.29, 1.82) is 0 Å². The summed E-state index contributed by atoms with van der Waals surface area (Å²) >= 11 is 0. The summed E-state index contributed by atoms with van der Waals surface area (Å²) in [7, 11) is 0. The topological polar surface area (TPSA) is 109 Å². The molecule has 2 aliphatic rings. The molecule has 538 valence electrons. The van der Waals surface area contributed by atoms with Crippen LogP contribution < -0.4 is 0 Å². The standard InChI is InChI=1S/C96H114N8/c1-9-17-25-33-41-49-57-73-65-81-82(66-74(73)58-50-42-34-26-18-10-2)90-97-89(81)101-91-83-67-75(59-51-43-35-27-19-11-3)76(60-52-44-36-28-20-12-4)68-84(83)93(98-91)103-95-87-71-79(63-55-47-39-31-23-15-7)80(64-56-48-40-32-24-16-8)72-88(87)96(100-95)104-94-86-70-78(62-54-46-38-30-22-14-6)77(61-53-45-37-29-21-13-5)69-85(86)92(99-94)102-90/h65-72H,9-48H2,1-8H3,(H2,97,98,99,100,101,102,103,104). The quantitative estimate of drug-likeness (QED) is 0.0321. The van der Waals surface area contributed by atoms with Gasteiger partial charge in [-0.05, 0) is 99.9 Å². The number of rotatable bonds is 32. The van der Waals surface area contributed by atoms with Gasteiger partial charge in [-0.2, -0.15) is 0 Å². The van der Waals surface area contributed by atoms with Crippen LogP contribution in [0, 0.1) is 94.7 Å². The molecule has 104 heavy (non-hydrogen) atoms. The highest BCUT2D eigenvalue weighted by atomic mass is 15.1. The minimum Gasteiger partial charge on any atom is -0.324 e. The number of hydrogen-bond acceptors (Lipinski definition) is 6. The monoisotopic (exact) mass is 1380 g/mol. The number of nitrogens with one attached hydrogen (secondary N) is 2. The fourth-order valence-electron chi connectivity index (χ4n) is 13.2. The van der Waals surface area contributed by atoms with Crippen LogP contribution in [0.15, 0.2) is 48.5 Å². The predicted molar refractivity (Wildman–Crippen MR) is 441 cm³/mol. The first-order chi connectivity index (χ1) is 51.3. The van der Waals surface area contributed by atoms with Gasteiger partial charge in [0.1, 0.15) is 22.6 Å². The molecule has 7 aromatic rings. The molecular weight excluding hydrogens is 1270 g/mol. The van der Waals surface area contributed by atoms with Crippen molar-refractivity contribution in [1.82, 2.24) is 39.9 Å². The lowest BCUT2D eigenvalue weighted by Gasteiger charge is -2.04. The van der Waals surface area contributed by atoms with E-state index in [9.17, 15) is 0 Å². The van der Waals surface area contributed by atoms with Crippen LogP contribution in [0.25, 0.3) is 89.7 Å². The first-order valence-corrected chi connectivity index (χ1v) is 40.8. The Labute approximate surface area is 625 Å². The van der Waals surface area contributed by atoms with Crippen LogP contribution in [-0.2, 0) is 0 Å². The highest BCUT2D eigenvalue weighted by Crippen LogP contribution is 2.40. The van der Waals surface area contributed by atoms with Gasteiger partial charge < -0.3 is 9.97 Å². The summed E-state index contributed by atoms with van der Waals surface area (Å²) in [5.74, 6) is 59.6. The minimum atomic E-state index is 0.494. The number of aromatic nitrogens is 8. The Bertz CT molecular complexity index is 4170. The molecule has 0 radical (unpaired) electrons. The molecule has 0 amide bonds. The average Bonchev–Trinajstić information content (AvgIpc) is 1.59. The SMILES string of the molecule is CCCCCCC#Cc1cc2c(cc1C#CCCCCCC)-c1nc-2nc2[nH]c(nc3nc(nc4[nH]c(n1)c1cc(C#CCCCCCC)c(C#CCCCCCC)cc41)-c1cc(C#CCCCCCC)c(C#CCCCCCC)cc1-3)c1cc(C#CCCCCCC)c(C#CCCCCCC)cc21. The van der Waals surface area contributed by atoms with E-state index in [0.717, 1.165) is 242 Å². The molecule has 8 nitrogen and oxygen atoms in total. The van der Waals surface area contributed by atoms with Crippen molar-refractivity contribution < 1.29 is 0 Å². The second kappa shape index (κ2) is 44.4. The van der Waals surface area contributed by atoms with E-state index in [0.29, 0.717) is 45.9 Å². The van der Waals surface area contributed by atoms with E-state index in [-0.39, 0.29) is 0 Å². The van der Waals surface area contributed by atoms with Crippen molar-refractivity contribution in [2.75, 3.05) is 0 Å². The van der Waals surface area contributed by atoms with E-state index in [2.05, 4.69) is 209 Å². The van der Waals surface area contributed by atoms with Gasteiger partial charge in [-0.3, -0.25) is 0 Å². The van der Waals surface area contributed by atoms with Crippen LogP contribution in [0.2, 0.25) is 0 Å². The van der Waals surface area contributed by atoms with Gasteiger partial charge in [0, 0.05) is 140 Å². The fraction of sp³-hybridized carbons (Fsp3) is 0.500. The molecule has 3 aromatic heterocycles. The third kappa shape index (κ3) is 23.4. The average molecular weight is 1380 g/mol. The summed E-state index contributed by atoms with van der Waals surface area (Å²) in [6.45, 7) is 18.0. The van der Waals surface area contributed by atoms with Gasteiger partial charge in [-0.1, -0.05) is 304 Å². The van der Waals surface area contributed by atoms with Crippen LogP contribution in [0.3, 0.4) is 0 Å². The largest absolute Gasteiger partial charge is 0.324 e. The van der Waals surface area contributed by atoms with Crippen molar-refractivity contribution in [2.45, 2.75) is 312 Å². The second-order valence-electron chi connectivity index (χ2n) is 28.3. The Balaban J connectivity index is 1.42. The lowest BCUT2D eigenvalue weighted by Crippen LogP contribution is -1.90. The molecule has 2 aliphatic heterocycles. The van der Waals surface area contributed by atoms with Gasteiger partial charge in [0.2, 0.25) is 0 Å². The maximum Gasteiger partial charge on any atom is 0.164 e. The number of aromatic amines is 2.